The molecular formula is C18H22N4O3S. The molecule has 1 aliphatic rings. The molecule has 1 fully saturated rings. The quantitative estimate of drug-likeness (QED) is 0.835. The first-order chi connectivity index (χ1) is 12.6. The van der Waals surface area contributed by atoms with Crippen molar-refractivity contribution in [3.63, 3.8) is 0 Å². The van der Waals surface area contributed by atoms with Crippen LogP contribution in [0.15, 0.2) is 39.8 Å². The third-order valence-electron chi connectivity index (χ3n) is 4.24. The molecule has 8 heteroatoms. The lowest BCUT2D eigenvalue weighted by Gasteiger charge is -2.22. The molecule has 26 heavy (non-hydrogen) atoms. The molecule has 1 saturated heterocycles. The first-order valence-corrected chi connectivity index (χ1v) is 9.72. The second kappa shape index (κ2) is 8.27. The van der Waals surface area contributed by atoms with E-state index in [0.717, 1.165) is 17.0 Å². The Morgan fingerprint density at radius 1 is 1.15 bits per heavy atom. The Hall–Kier alpha value is -2.48. The average Bonchev–Trinajstić information content (AvgIpc) is 2.93. The van der Waals surface area contributed by atoms with Crippen molar-refractivity contribution in [2.45, 2.75) is 18.2 Å². The fraction of sp³-hybridized carbons (Fsp3) is 0.389. The lowest BCUT2D eigenvalue weighted by atomic mass is 10.3. The van der Waals surface area contributed by atoms with Gasteiger partial charge < -0.3 is 19.6 Å². The summed E-state index contributed by atoms with van der Waals surface area (Å²) >= 11 is 1.63. The third-order valence-corrected chi connectivity index (χ3v) is 4.96. The van der Waals surface area contributed by atoms with Crippen molar-refractivity contribution in [3.05, 3.63) is 41.8 Å². The summed E-state index contributed by atoms with van der Waals surface area (Å²) in [6.45, 7) is 3.91. The normalized spacial score (nSPS) is 14.8. The van der Waals surface area contributed by atoms with Gasteiger partial charge in [0.25, 0.3) is 5.91 Å². The molecular weight excluding hydrogens is 352 g/mol. The summed E-state index contributed by atoms with van der Waals surface area (Å²) in [5, 5.41) is 6.72. The van der Waals surface area contributed by atoms with Crippen molar-refractivity contribution in [3.8, 4) is 0 Å². The number of rotatable bonds is 3. The number of amides is 3. The highest BCUT2D eigenvalue weighted by molar-refractivity contribution is 7.98. The highest BCUT2D eigenvalue weighted by atomic mass is 32.2. The zero-order valence-electron chi connectivity index (χ0n) is 14.9. The van der Waals surface area contributed by atoms with E-state index in [-0.39, 0.29) is 11.9 Å². The number of nitrogens with zero attached hydrogens (tertiary/aromatic N) is 3. The number of nitrogens with one attached hydrogen (secondary N) is 1. The van der Waals surface area contributed by atoms with Crippen molar-refractivity contribution in [1.29, 1.82) is 0 Å². The maximum atomic E-state index is 12.5. The smallest absolute Gasteiger partial charge is 0.321 e. The number of urea groups is 1. The van der Waals surface area contributed by atoms with E-state index in [1.807, 2.05) is 30.5 Å². The van der Waals surface area contributed by atoms with E-state index in [4.69, 9.17) is 4.52 Å². The molecule has 0 aliphatic carbocycles. The van der Waals surface area contributed by atoms with Crippen LogP contribution >= 0.6 is 11.8 Å². The number of aryl methyl sites for hydroxylation is 1. The van der Waals surface area contributed by atoms with E-state index in [9.17, 15) is 9.59 Å². The highest BCUT2D eigenvalue weighted by Crippen LogP contribution is 2.19. The van der Waals surface area contributed by atoms with Gasteiger partial charge in [-0.15, -0.1) is 11.8 Å². The molecule has 1 N–H and O–H groups in total. The Morgan fingerprint density at radius 2 is 1.92 bits per heavy atom. The Balaban J connectivity index is 1.59. The Labute approximate surface area is 156 Å². The lowest BCUT2D eigenvalue weighted by Crippen LogP contribution is -2.39. The van der Waals surface area contributed by atoms with Gasteiger partial charge in [0.05, 0.1) is 0 Å². The van der Waals surface area contributed by atoms with Gasteiger partial charge in [-0.1, -0.05) is 11.2 Å². The second-order valence-corrected chi connectivity index (χ2v) is 7.00. The van der Waals surface area contributed by atoms with Crippen molar-refractivity contribution >= 4 is 29.4 Å². The maximum absolute atomic E-state index is 12.5. The van der Waals surface area contributed by atoms with Gasteiger partial charge in [-0.25, -0.2) is 4.79 Å². The number of thioether (sulfide) groups is 1. The number of carbonyl (C=O) groups is 2. The van der Waals surface area contributed by atoms with Gasteiger partial charge in [-0.3, -0.25) is 4.79 Å². The molecule has 138 valence electrons. The van der Waals surface area contributed by atoms with E-state index in [1.165, 1.54) is 0 Å². The van der Waals surface area contributed by atoms with E-state index < -0.39 is 0 Å². The van der Waals surface area contributed by atoms with Crippen LogP contribution in [0.25, 0.3) is 0 Å². The number of anilines is 1. The minimum atomic E-state index is -0.156. The standard InChI is InChI=1S/C18H22N4O3S/c1-13-11-16(20-25-13)17(23)21-7-4-8-22(10-9-21)18(24)19-14-5-3-6-15(12-14)26-2/h3,5-6,11-12H,4,7-10H2,1-2H3,(H,19,24). The maximum Gasteiger partial charge on any atom is 0.321 e. The monoisotopic (exact) mass is 374 g/mol. The van der Waals surface area contributed by atoms with Gasteiger partial charge in [0.1, 0.15) is 5.76 Å². The number of hydrogen-bond acceptors (Lipinski definition) is 5. The van der Waals surface area contributed by atoms with E-state index in [0.29, 0.717) is 37.6 Å². The van der Waals surface area contributed by atoms with Gasteiger partial charge in [-0.2, -0.15) is 0 Å². The molecule has 2 heterocycles. The van der Waals surface area contributed by atoms with Crippen LogP contribution in [0.4, 0.5) is 10.5 Å². The molecule has 0 saturated carbocycles. The van der Waals surface area contributed by atoms with Gasteiger partial charge in [0, 0.05) is 42.8 Å². The number of carbonyl (C=O) groups excluding carboxylic acids is 2. The van der Waals surface area contributed by atoms with Crippen molar-refractivity contribution < 1.29 is 14.1 Å². The minimum Gasteiger partial charge on any atom is -0.361 e. The Bertz CT molecular complexity index is 792. The van der Waals surface area contributed by atoms with Crippen LogP contribution in [0, 0.1) is 6.92 Å². The average molecular weight is 374 g/mol. The summed E-state index contributed by atoms with van der Waals surface area (Å²) in [4.78, 5) is 29.6. The molecule has 1 aromatic heterocycles. The van der Waals surface area contributed by atoms with E-state index in [2.05, 4.69) is 10.5 Å². The lowest BCUT2D eigenvalue weighted by molar-refractivity contribution is 0.0752. The van der Waals surface area contributed by atoms with Crippen LogP contribution in [-0.4, -0.2) is 59.3 Å². The summed E-state index contributed by atoms with van der Waals surface area (Å²) in [5.74, 6) is 0.452. The van der Waals surface area contributed by atoms with E-state index >= 15 is 0 Å². The van der Waals surface area contributed by atoms with E-state index in [1.54, 1.807) is 34.6 Å². The molecule has 3 rings (SSSR count). The number of aromatic nitrogens is 1. The molecule has 0 bridgehead atoms. The van der Waals surface area contributed by atoms with Crippen LogP contribution in [0.1, 0.15) is 22.7 Å². The zero-order valence-corrected chi connectivity index (χ0v) is 15.7. The molecule has 1 aliphatic heterocycles. The first kappa shape index (κ1) is 18.3. The molecule has 1 aromatic carbocycles. The van der Waals surface area contributed by atoms with Gasteiger partial charge in [-0.05, 0) is 37.8 Å². The molecule has 2 aromatic rings. The van der Waals surface area contributed by atoms with Crippen LogP contribution in [0.5, 0.6) is 0 Å². The molecule has 0 spiro atoms. The predicted molar refractivity (Wildman–Crippen MR) is 101 cm³/mol. The molecule has 3 amide bonds. The molecule has 0 atom stereocenters. The van der Waals surface area contributed by atoms with Crippen LogP contribution in [-0.2, 0) is 0 Å². The Morgan fingerprint density at radius 3 is 2.65 bits per heavy atom. The van der Waals surface area contributed by atoms with Crippen LogP contribution in [0.3, 0.4) is 0 Å². The number of hydrogen-bond donors (Lipinski definition) is 1. The Kier molecular flexibility index (Phi) is 5.82. The third kappa shape index (κ3) is 4.37. The first-order valence-electron chi connectivity index (χ1n) is 8.49. The fourth-order valence-corrected chi connectivity index (χ4v) is 3.32. The predicted octanol–water partition coefficient (Wildman–Crippen LogP) is 3.08. The van der Waals surface area contributed by atoms with Gasteiger partial charge in [0.15, 0.2) is 5.69 Å². The zero-order chi connectivity index (χ0) is 18.5. The van der Waals surface area contributed by atoms with Gasteiger partial charge >= 0.3 is 6.03 Å². The molecule has 0 unspecified atom stereocenters. The van der Waals surface area contributed by atoms with Crippen LogP contribution in [0.2, 0.25) is 0 Å². The second-order valence-electron chi connectivity index (χ2n) is 6.12. The summed E-state index contributed by atoms with van der Waals surface area (Å²) in [6.07, 6.45) is 2.72. The molecule has 7 nitrogen and oxygen atoms in total. The number of benzene rings is 1. The minimum absolute atomic E-state index is 0.144. The van der Waals surface area contributed by atoms with Gasteiger partial charge in [0.2, 0.25) is 0 Å². The van der Waals surface area contributed by atoms with Crippen molar-refractivity contribution in [2.75, 3.05) is 37.8 Å². The topological polar surface area (TPSA) is 78.7 Å². The highest BCUT2D eigenvalue weighted by Gasteiger charge is 2.24. The summed E-state index contributed by atoms with van der Waals surface area (Å²) in [6, 6.07) is 9.23. The van der Waals surface area contributed by atoms with Crippen molar-refractivity contribution in [1.82, 2.24) is 15.0 Å². The summed E-state index contributed by atoms with van der Waals surface area (Å²) in [7, 11) is 0. The largest absolute Gasteiger partial charge is 0.361 e. The fourth-order valence-electron chi connectivity index (χ4n) is 2.86. The summed E-state index contributed by atoms with van der Waals surface area (Å²) < 4.78 is 4.98. The molecule has 0 radical (unpaired) electrons. The van der Waals surface area contributed by atoms with Crippen LogP contribution < -0.4 is 5.32 Å². The summed E-state index contributed by atoms with van der Waals surface area (Å²) in [5.41, 5.74) is 1.09. The van der Waals surface area contributed by atoms with Crippen molar-refractivity contribution in [2.24, 2.45) is 0 Å². The SMILES string of the molecule is CSc1cccc(NC(=O)N2CCCN(C(=O)c3cc(C)on3)CC2)c1.